The summed E-state index contributed by atoms with van der Waals surface area (Å²) in [5.74, 6) is 0.281. The van der Waals surface area contributed by atoms with Crippen molar-refractivity contribution in [3.63, 3.8) is 0 Å². The largest absolute Gasteiger partial charge is 0.367 e. The van der Waals surface area contributed by atoms with Gasteiger partial charge in [-0.15, -0.1) is 0 Å². The van der Waals surface area contributed by atoms with Crippen LogP contribution in [0.15, 0.2) is 0 Å². The van der Waals surface area contributed by atoms with E-state index < -0.39 is 0 Å². The maximum Gasteiger partial charge on any atom is 0.161 e. The summed E-state index contributed by atoms with van der Waals surface area (Å²) in [6.45, 7) is 6.94. The van der Waals surface area contributed by atoms with Crippen molar-refractivity contribution in [2.45, 2.75) is 44.8 Å². The molecular formula is C11H19NO2. The van der Waals surface area contributed by atoms with Crippen molar-refractivity contribution in [3.8, 4) is 0 Å². The van der Waals surface area contributed by atoms with Gasteiger partial charge in [0.2, 0.25) is 0 Å². The van der Waals surface area contributed by atoms with Crippen LogP contribution in [0.1, 0.15) is 33.1 Å². The van der Waals surface area contributed by atoms with Crippen LogP contribution < -0.4 is 0 Å². The molecule has 0 atom stereocenters. The van der Waals surface area contributed by atoms with Crippen LogP contribution in [0.3, 0.4) is 0 Å². The second kappa shape index (κ2) is 3.63. The third-order valence-electron chi connectivity index (χ3n) is 3.50. The summed E-state index contributed by atoms with van der Waals surface area (Å²) in [5, 5.41) is 0. The van der Waals surface area contributed by atoms with Gasteiger partial charge in [0.25, 0.3) is 0 Å². The van der Waals surface area contributed by atoms with Crippen molar-refractivity contribution in [1.82, 2.24) is 4.90 Å². The Morgan fingerprint density at radius 3 is 2.43 bits per heavy atom. The molecule has 80 valence electrons. The number of likely N-dealkylation sites (tertiary alicyclic amines) is 1. The molecule has 0 aliphatic carbocycles. The maximum atomic E-state index is 11.2. The summed E-state index contributed by atoms with van der Waals surface area (Å²) >= 11 is 0. The third-order valence-corrected chi connectivity index (χ3v) is 3.50. The maximum absolute atomic E-state index is 11.2. The van der Waals surface area contributed by atoms with E-state index in [0.717, 1.165) is 25.9 Å². The van der Waals surface area contributed by atoms with Gasteiger partial charge in [-0.1, -0.05) is 0 Å². The lowest BCUT2D eigenvalue weighted by molar-refractivity contribution is -0.117. The summed E-state index contributed by atoms with van der Waals surface area (Å²) in [6.07, 6.45) is 2.70. The first-order valence-corrected chi connectivity index (χ1v) is 5.51. The predicted octanol–water partition coefficient (Wildman–Crippen LogP) is 1.22. The van der Waals surface area contributed by atoms with Crippen molar-refractivity contribution >= 4 is 5.78 Å². The molecule has 0 aromatic carbocycles. The molecule has 2 aliphatic heterocycles. The topological polar surface area (TPSA) is 29.5 Å². The fraction of sp³-hybridized carbons (Fsp3) is 0.909. The Hall–Kier alpha value is -0.410. The molecule has 2 aliphatic rings. The Morgan fingerprint density at radius 2 is 2.00 bits per heavy atom. The van der Waals surface area contributed by atoms with Crippen molar-refractivity contribution in [2.24, 2.45) is 0 Å². The molecule has 0 aromatic rings. The van der Waals surface area contributed by atoms with E-state index in [0.29, 0.717) is 19.1 Å². The molecule has 0 amide bonds. The molecule has 2 heterocycles. The van der Waals surface area contributed by atoms with E-state index in [9.17, 15) is 4.79 Å². The van der Waals surface area contributed by atoms with Crippen LogP contribution in [0, 0.1) is 0 Å². The van der Waals surface area contributed by atoms with Gasteiger partial charge >= 0.3 is 0 Å². The Bertz CT molecular complexity index is 229. The van der Waals surface area contributed by atoms with Crippen LogP contribution >= 0.6 is 0 Å². The summed E-state index contributed by atoms with van der Waals surface area (Å²) < 4.78 is 5.65. The van der Waals surface area contributed by atoms with Gasteiger partial charge in [-0.25, -0.2) is 0 Å². The third kappa shape index (κ3) is 1.84. The SMILES string of the molecule is CC(C)N1CCC2(CC1)CC(=O)CO2. The Labute approximate surface area is 85.4 Å². The van der Waals surface area contributed by atoms with E-state index in [1.807, 2.05) is 0 Å². The molecule has 0 unspecified atom stereocenters. The molecule has 0 aromatic heterocycles. The van der Waals surface area contributed by atoms with Crippen LogP contribution in [0.25, 0.3) is 0 Å². The van der Waals surface area contributed by atoms with Crippen molar-refractivity contribution in [1.29, 1.82) is 0 Å². The minimum Gasteiger partial charge on any atom is -0.367 e. The van der Waals surface area contributed by atoms with E-state index >= 15 is 0 Å². The predicted molar refractivity (Wildman–Crippen MR) is 54.3 cm³/mol. The molecule has 0 radical (unpaired) electrons. The lowest BCUT2D eigenvalue weighted by Gasteiger charge is -2.39. The molecule has 0 saturated carbocycles. The standard InChI is InChI=1S/C11H19NO2/c1-9(2)12-5-3-11(4-6-12)7-10(13)8-14-11/h9H,3-8H2,1-2H3. The zero-order valence-corrected chi connectivity index (χ0v) is 9.08. The van der Waals surface area contributed by atoms with Gasteiger partial charge in [-0.3, -0.25) is 4.79 Å². The van der Waals surface area contributed by atoms with Gasteiger partial charge < -0.3 is 9.64 Å². The van der Waals surface area contributed by atoms with Gasteiger partial charge in [0, 0.05) is 25.6 Å². The highest BCUT2D eigenvalue weighted by Crippen LogP contribution is 2.34. The summed E-state index contributed by atoms with van der Waals surface area (Å²) in [6, 6.07) is 0.615. The van der Waals surface area contributed by atoms with Crippen LogP contribution in [0.4, 0.5) is 0 Å². The zero-order chi connectivity index (χ0) is 10.2. The molecule has 3 heteroatoms. The van der Waals surface area contributed by atoms with Gasteiger partial charge in [0.05, 0.1) is 5.60 Å². The average Bonchev–Trinajstić information content (AvgIpc) is 2.48. The van der Waals surface area contributed by atoms with Gasteiger partial charge in [0.1, 0.15) is 6.61 Å². The van der Waals surface area contributed by atoms with Crippen molar-refractivity contribution in [3.05, 3.63) is 0 Å². The minimum atomic E-state index is -0.0809. The number of hydrogen-bond acceptors (Lipinski definition) is 3. The number of carbonyl (C=O) groups is 1. The number of carbonyl (C=O) groups excluding carboxylic acids is 1. The Balaban J connectivity index is 1.92. The molecule has 2 saturated heterocycles. The Morgan fingerprint density at radius 1 is 1.36 bits per heavy atom. The van der Waals surface area contributed by atoms with Crippen LogP contribution in [-0.2, 0) is 9.53 Å². The van der Waals surface area contributed by atoms with E-state index in [-0.39, 0.29) is 11.4 Å². The van der Waals surface area contributed by atoms with E-state index in [4.69, 9.17) is 4.74 Å². The highest BCUT2D eigenvalue weighted by atomic mass is 16.5. The smallest absolute Gasteiger partial charge is 0.161 e. The second-order valence-electron chi connectivity index (χ2n) is 4.82. The molecule has 1 spiro atoms. The fourth-order valence-corrected chi connectivity index (χ4v) is 2.46. The molecule has 14 heavy (non-hydrogen) atoms. The van der Waals surface area contributed by atoms with E-state index in [1.165, 1.54) is 0 Å². The monoisotopic (exact) mass is 197 g/mol. The number of hydrogen-bond donors (Lipinski definition) is 0. The summed E-state index contributed by atoms with van der Waals surface area (Å²) in [7, 11) is 0. The number of nitrogens with zero attached hydrogens (tertiary/aromatic N) is 1. The summed E-state index contributed by atoms with van der Waals surface area (Å²) in [4.78, 5) is 13.6. The molecule has 3 nitrogen and oxygen atoms in total. The van der Waals surface area contributed by atoms with Crippen molar-refractivity contribution < 1.29 is 9.53 Å². The second-order valence-corrected chi connectivity index (χ2v) is 4.82. The van der Waals surface area contributed by atoms with Gasteiger partial charge in [-0.2, -0.15) is 0 Å². The number of rotatable bonds is 1. The average molecular weight is 197 g/mol. The number of ether oxygens (including phenoxy) is 1. The Kier molecular flexibility index (Phi) is 2.62. The minimum absolute atomic E-state index is 0.0809. The number of ketones is 1. The van der Waals surface area contributed by atoms with Crippen LogP contribution in [-0.4, -0.2) is 42.0 Å². The molecule has 2 rings (SSSR count). The summed E-state index contributed by atoms with van der Waals surface area (Å²) in [5.41, 5.74) is -0.0809. The van der Waals surface area contributed by atoms with Gasteiger partial charge in [0.15, 0.2) is 5.78 Å². The van der Waals surface area contributed by atoms with Gasteiger partial charge in [-0.05, 0) is 26.7 Å². The zero-order valence-electron chi connectivity index (χ0n) is 9.08. The van der Waals surface area contributed by atoms with Crippen LogP contribution in [0.2, 0.25) is 0 Å². The molecule has 0 bridgehead atoms. The van der Waals surface area contributed by atoms with E-state index in [2.05, 4.69) is 18.7 Å². The quantitative estimate of drug-likeness (QED) is 0.633. The molecular weight excluding hydrogens is 178 g/mol. The van der Waals surface area contributed by atoms with E-state index in [1.54, 1.807) is 0 Å². The highest BCUT2D eigenvalue weighted by Gasteiger charge is 2.42. The number of piperidine rings is 1. The number of Topliss-reactive ketones (excluding diaryl/α,β-unsaturated/α-hetero) is 1. The molecule has 2 fully saturated rings. The normalized spacial score (nSPS) is 27.8. The first-order valence-electron chi connectivity index (χ1n) is 5.51. The molecule has 0 N–H and O–H groups in total. The van der Waals surface area contributed by atoms with Crippen LogP contribution in [0.5, 0.6) is 0 Å². The van der Waals surface area contributed by atoms with Crippen molar-refractivity contribution in [2.75, 3.05) is 19.7 Å². The lowest BCUT2D eigenvalue weighted by atomic mass is 9.88. The first kappa shape index (κ1) is 10.1. The lowest BCUT2D eigenvalue weighted by Crippen LogP contribution is -2.46. The fourth-order valence-electron chi connectivity index (χ4n) is 2.46. The first-order chi connectivity index (χ1) is 6.61. The highest BCUT2D eigenvalue weighted by molar-refractivity contribution is 5.82.